The first-order valence-corrected chi connectivity index (χ1v) is 6.28. The Labute approximate surface area is 110 Å². The van der Waals surface area contributed by atoms with Crippen molar-refractivity contribution < 1.29 is 9.59 Å². The fourth-order valence-corrected chi connectivity index (χ4v) is 1.64. The largest absolute Gasteiger partial charge is 0.364 e. The van der Waals surface area contributed by atoms with Gasteiger partial charge in [-0.1, -0.05) is 0 Å². The van der Waals surface area contributed by atoms with Crippen LogP contribution in [0.4, 0.5) is 0 Å². The highest BCUT2D eigenvalue weighted by molar-refractivity contribution is 5.97. The van der Waals surface area contributed by atoms with Gasteiger partial charge in [0.1, 0.15) is 11.6 Å². The van der Waals surface area contributed by atoms with Crippen molar-refractivity contribution in [3.05, 3.63) is 33.7 Å². The van der Waals surface area contributed by atoms with Gasteiger partial charge in [0.2, 0.25) is 5.91 Å². The van der Waals surface area contributed by atoms with Gasteiger partial charge in [-0.25, -0.2) is 0 Å². The minimum absolute atomic E-state index is 0.0108. The molecule has 2 amide bonds. The molecular formula is C13H17N3O3. The summed E-state index contributed by atoms with van der Waals surface area (Å²) in [5, 5.41) is 5.31. The normalized spacial score (nSPS) is 15.7. The van der Waals surface area contributed by atoms with Gasteiger partial charge in [0.15, 0.2) is 5.43 Å². The van der Waals surface area contributed by atoms with E-state index in [-0.39, 0.29) is 22.9 Å². The fourth-order valence-electron chi connectivity index (χ4n) is 1.64. The summed E-state index contributed by atoms with van der Waals surface area (Å²) < 4.78 is 0. The molecule has 2 rings (SSSR count). The van der Waals surface area contributed by atoms with Crippen molar-refractivity contribution in [3.63, 3.8) is 0 Å². The third-order valence-electron chi connectivity index (χ3n) is 2.97. The Morgan fingerprint density at radius 1 is 1.42 bits per heavy atom. The Kier molecular flexibility index (Phi) is 3.69. The number of carbonyl (C=O) groups is 2. The van der Waals surface area contributed by atoms with E-state index in [4.69, 9.17) is 0 Å². The van der Waals surface area contributed by atoms with Crippen LogP contribution in [0.15, 0.2) is 17.1 Å². The molecular weight excluding hydrogens is 246 g/mol. The second-order valence-electron chi connectivity index (χ2n) is 4.87. The van der Waals surface area contributed by atoms with Gasteiger partial charge in [-0.3, -0.25) is 14.4 Å². The summed E-state index contributed by atoms with van der Waals surface area (Å²) in [4.78, 5) is 38.0. The van der Waals surface area contributed by atoms with Crippen molar-refractivity contribution in [1.82, 2.24) is 15.6 Å². The van der Waals surface area contributed by atoms with Crippen LogP contribution < -0.4 is 16.1 Å². The number of amides is 2. The smallest absolute Gasteiger partial charge is 0.257 e. The lowest BCUT2D eigenvalue weighted by Crippen LogP contribution is -2.46. The van der Waals surface area contributed by atoms with Crippen molar-refractivity contribution in [2.24, 2.45) is 0 Å². The summed E-state index contributed by atoms with van der Waals surface area (Å²) in [6, 6.07) is 0.938. The van der Waals surface area contributed by atoms with Crippen LogP contribution in [0.1, 0.15) is 35.8 Å². The topological polar surface area (TPSA) is 91.1 Å². The fraction of sp³-hybridized carbons (Fsp3) is 0.462. The van der Waals surface area contributed by atoms with Crippen LogP contribution in [0.25, 0.3) is 0 Å². The summed E-state index contributed by atoms with van der Waals surface area (Å²) in [7, 11) is 0. The molecule has 6 nitrogen and oxygen atoms in total. The van der Waals surface area contributed by atoms with Crippen molar-refractivity contribution in [3.8, 4) is 0 Å². The second-order valence-corrected chi connectivity index (χ2v) is 4.87. The lowest BCUT2D eigenvalue weighted by molar-refractivity contribution is -0.122. The molecule has 1 unspecified atom stereocenters. The van der Waals surface area contributed by atoms with Crippen molar-refractivity contribution in [2.45, 2.75) is 38.8 Å². The number of carbonyl (C=O) groups excluding carboxylic acids is 2. The highest BCUT2D eigenvalue weighted by Crippen LogP contribution is 2.18. The predicted octanol–water partition coefficient (Wildman–Crippen LogP) is 0.0802. The minimum atomic E-state index is -0.659. The van der Waals surface area contributed by atoms with E-state index in [1.54, 1.807) is 13.8 Å². The van der Waals surface area contributed by atoms with Crippen LogP contribution >= 0.6 is 0 Å². The number of hydrogen-bond donors (Lipinski definition) is 3. The maximum absolute atomic E-state index is 11.9. The molecule has 0 radical (unpaired) electrons. The van der Waals surface area contributed by atoms with Crippen LogP contribution in [-0.4, -0.2) is 28.9 Å². The molecule has 102 valence electrons. The molecule has 3 N–H and O–H groups in total. The zero-order valence-electron chi connectivity index (χ0n) is 10.9. The molecule has 0 saturated heterocycles. The molecule has 0 aliphatic heterocycles. The number of rotatable bonds is 4. The highest BCUT2D eigenvalue weighted by Gasteiger charge is 2.26. The number of aryl methyl sites for hydroxylation is 1. The summed E-state index contributed by atoms with van der Waals surface area (Å²) in [6.07, 6.45) is 3.34. The van der Waals surface area contributed by atoms with E-state index in [9.17, 15) is 14.4 Å². The van der Waals surface area contributed by atoms with Crippen molar-refractivity contribution >= 4 is 11.8 Å². The van der Waals surface area contributed by atoms with Crippen LogP contribution in [0.5, 0.6) is 0 Å². The molecule has 1 aliphatic carbocycles. The lowest BCUT2D eigenvalue weighted by Gasteiger charge is -2.13. The van der Waals surface area contributed by atoms with Crippen LogP contribution in [0.2, 0.25) is 0 Å². The third kappa shape index (κ3) is 3.43. The first kappa shape index (κ1) is 13.3. The Bertz CT molecular complexity index is 560. The Hall–Kier alpha value is -2.11. The van der Waals surface area contributed by atoms with Gasteiger partial charge >= 0.3 is 0 Å². The third-order valence-corrected chi connectivity index (χ3v) is 2.97. The van der Waals surface area contributed by atoms with E-state index >= 15 is 0 Å². The second kappa shape index (κ2) is 5.26. The van der Waals surface area contributed by atoms with Gasteiger partial charge in [0.05, 0.1) is 0 Å². The molecule has 1 atom stereocenters. The molecule has 19 heavy (non-hydrogen) atoms. The predicted molar refractivity (Wildman–Crippen MR) is 69.9 cm³/mol. The lowest BCUT2D eigenvalue weighted by atomic mass is 10.2. The van der Waals surface area contributed by atoms with Crippen LogP contribution in [0, 0.1) is 6.92 Å². The van der Waals surface area contributed by atoms with E-state index in [1.807, 2.05) is 0 Å². The number of hydrogen-bond acceptors (Lipinski definition) is 3. The molecule has 6 heteroatoms. The number of nitrogens with one attached hydrogen (secondary N) is 3. The van der Waals surface area contributed by atoms with E-state index < -0.39 is 11.9 Å². The number of aromatic amines is 1. The molecule has 0 aromatic carbocycles. The molecule has 0 spiro atoms. The van der Waals surface area contributed by atoms with Crippen LogP contribution in [0.3, 0.4) is 0 Å². The molecule has 1 saturated carbocycles. The maximum atomic E-state index is 11.9. The summed E-state index contributed by atoms with van der Waals surface area (Å²) in [5.41, 5.74) is 0.335. The van der Waals surface area contributed by atoms with Gasteiger partial charge in [-0.2, -0.15) is 0 Å². The monoisotopic (exact) mass is 263 g/mol. The SMILES string of the molecule is Cc1cc(=O)c(C(=O)NC(C)C(=O)NC2CC2)c[nH]1. The average Bonchev–Trinajstić information content (AvgIpc) is 3.12. The van der Waals surface area contributed by atoms with E-state index in [0.29, 0.717) is 5.69 Å². The summed E-state index contributed by atoms with van der Waals surface area (Å²) in [6.45, 7) is 3.33. The quantitative estimate of drug-likeness (QED) is 0.718. The Morgan fingerprint density at radius 3 is 2.68 bits per heavy atom. The highest BCUT2D eigenvalue weighted by atomic mass is 16.2. The molecule has 1 aromatic rings. The number of H-pyrrole nitrogens is 1. The van der Waals surface area contributed by atoms with Gasteiger partial charge in [-0.05, 0) is 26.7 Å². The van der Waals surface area contributed by atoms with Crippen molar-refractivity contribution in [2.75, 3.05) is 0 Å². The standard InChI is InChI=1S/C13H17N3O3/c1-7-5-11(17)10(6-14-7)13(19)15-8(2)12(18)16-9-3-4-9/h5-6,8-9H,3-4H2,1-2H3,(H,14,17)(H,15,19)(H,16,18). The van der Waals surface area contributed by atoms with Crippen LogP contribution in [-0.2, 0) is 4.79 Å². The zero-order chi connectivity index (χ0) is 14.0. The molecule has 1 fully saturated rings. The van der Waals surface area contributed by atoms with E-state index in [2.05, 4.69) is 15.6 Å². The van der Waals surface area contributed by atoms with Gasteiger partial charge in [0, 0.05) is 24.0 Å². The molecule has 1 aromatic heterocycles. The number of pyridine rings is 1. The van der Waals surface area contributed by atoms with E-state index in [1.165, 1.54) is 12.3 Å². The van der Waals surface area contributed by atoms with Gasteiger partial charge in [-0.15, -0.1) is 0 Å². The molecule has 0 bridgehead atoms. The first-order chi connectivity index (χ1) is 8.97. The van der Waals surface area contributed by atoms with Gasteiger partial charge < -0.3 is 15.6 Å². The molecule has 1 aliphatic rings. The average molecular weight is 263 g/mol. The summed E-state index contributed by atoms with van der Waals surface area (Å²) >= 11 is 0. The number of aromatic nitrogens is 1. The minimum Gasteiger partial charge on any atom is -0.364 e. The Morgan fingerprint density at radius 2 is 2.11 bits per heavy atom. The summed E-state index contributed by atoms with van der Waals surface area (Å²) in [5.74, 6) is -0.765. The van der Waals surface area contributed by atoms with E-state index in [0.717, 1.165) is 12.8 Å². The van der Waals surface area contributed by atoms with Gasteiger partial charge in [0.25, 0.3) is 5.91 Å². The molecule has 1 heterocycles. The maximum Gasteiger partial charge on any atom is 0.257 e. The van der Waals surface area contributed by atoms with Crippen molar-refractivity contribution in [1.29, 1.82) is 0 Å². The zero-order valence-corrected chi connectivity index (χ0v) is 10.9. The first-order valence-electron chi connectivity index (χ1n) is 6.28. The Balaban J connectivity index is 1.99.